The molecule has 16 heavy (non-hydrogen) atoms. The maximum atomic E-state index is 6.18. The maximum Gasteiger partial charge on any atom is 0.0746 e. The lowest BCUT2D eigenvalue weighted by molar-refractivity contribution is 0.592. The van der Waals surface area contributed by atoms with Crippen molar-refractivity contribution >= 4 is 34.6 Å². The van der Waals surface area contributed by atoms with Crippen LogP contribution in [-0.4, -0.2) is 13.1 Å². The Balaban J connectivity index is 3.12. The fraction of sp³-hybridized carbons (Fsp3) is 0.500. The first-order valence-corrected chi connectivity index (χ1v) is 6.24. The van der Waals surface area contributed by atoms with E-state index < -0.39 is 0 Å². The molecule has 0 aromatic heterocycles. The van der Waals surface area contributed by atoms with Crippen molar-refractivity contribution in [2.24, 2.45) is 0 Å². The number of nitrogen functional groups attached to an aromatic ring is 1. The SMILES string of the molecule is CCC(CC)N(C)c1c(Cl)cc(N)cc1Cl. The van der Waals surface area contributed by atoms with Gasteiger partial charge in [-0.05, 0) is 25.0 Å². The van der Waals surface area contributed by atoms with Crippen molar-refractivity contribution in [3.8, 4) is 0 Å². The molecule has 0 spiro atoms. The number of rotatable bonds is 4. The van der Waals surface area contributed by atoms with Crippen LogP contribution in [0.3, 0.4) is 0 Å². The highest BCUT2D eigenvalue weighted by Gasteiger charge is 2.17. The lowest BCUT2D eigenvalue weighted by Gasteiger charge is -2.30. The third kappa shape index (κ3) is 2.74. The van der Waals surface area contributed by atoms with Crippen LogP contribution in [0.5, 0.6) is 0 Å². The number of hydrogen-bond donors (Lipinski definition) is 1. The summed E-state index contributed by atoms with van der Waals surface area (Å²) in [6.45, 7) is 4.31. The monoisotopic (exact) mass is 260 g/mol. The van der Waals surface area contributed by atoms with Crippen LogP contribution < -0.4 is 10.6 Å². The molecule has 0 saturated heterocycles. The molecule has 0 aliphatic carbocycles. The van der Waals surface area contributed by atoms with Crippen molar-refractivity contribution in [3.63, 3.8) is 0 Å². The van der Waals surface area contributed by atoms with Crippen LogP contribution >= 0.6 is 23.2 Å². The van der Waals surface area contributed by atoms with Crippen LogP contribution in [0.1, 0.15) is 26.7 Å². The van der Waals surface area contributed by atoms with Crippen molar-refractivity contribution in [2.45, 2.75) is 32.7 Å². The van der Waals surface area contributed by atoms with Crippen LogP contribution in [-0.2, 0) is 0 Å². The van der Waals surface area contributed by atoms with Crippen molar-refractivity contribution in [2.75, 3.05) is 17.7 Å². The van der Waals surface area contributed by atoms with Gasteiger partial charge in [0.15, 0.2) is 0 Å². The number of hydrogen-bond acceptors (Lipinski definition) is 2. The van der Waals surface area contributed by atoms with E-state index in [9.17, 15) is 0 Å². The molecule has 0 saturated carbocycles. The molecule has 1 rings (SSSR count). The van der Waals surface area contributed by atoms with Crippen LogP contribution in [0.15, 0.2) is 12.1 Å². The lowest BCUT2D eigenvalue weighted by Crippen LogP contribution is -2.30. The van der Waals surface area contributed by atoms with E-state index in [1.54, 1.807) is 12.1 Å². The molecular weight excluding hydrogens is 243 g/mol. The molecule has 0 aliphatic rings. The van der Waals surface area contributed by atoms with E-state index in [2.05, 4.69) is 18.7 Å². The highest BCUT2D eigenvalue weighted by molar-refractivity contribution is 6.39. The average molecular weight is 261 g/mol. The summed E-state index contributed by atoms with van der Waals surface area (Å²) >= 11 is 12.4. The molecule has 0 aliphatic heterocycles. The molecular formula is C12H18Cl2N2. The summed E-state index contributed by atoms with van der Waals surface area (Å²) in [5.41, 5.74) is 7.14. The predicted molar refractivity (Wildman–Crippen MR) is 73.6 cm³/mol. The number of halogens is 2. The Hall–Kier alpha value is -0.600. The van der Waals surface area contributed by atoms with E-state index >= 15 is 0 Å². The minimum absolute atomic E-state index is 0.443. The van der Waals surface area contributed by atoms with Crippen molar-refractivity contribution in [1.82, 2.24) is 0 Å². The lowest BCUT2D eigenvalue weighted by atomic mass is 10.1. The van der Waals surface area contributed by atoms with Gasteiger partial charge in [0.05, 0.1) is 15.7 Å². The van der Waals surface area contributed by atoms with E-state index in [0.717, 1.165) is 18.5 Å². The Labute approximate surface area is 107 Å². The number of anilines is 2. The zero-order valence-corrected chi connectivity index (χ0v) is 11.4. The van der Waals surface area contributed by atoms with Crippen LogP contribution in [0.4, 0.5) is 11.4 Å². The first-order chi connectivity index (χ1) is 7.51. The fourth-order valence-corrected chi connectivity index (χ4v) is 2.71. The van der Waals surface area contributed by atoms with Crippen molar-refractivity contribution in [3.05, 3.63) is 22.2 Å². The molecule has 0 amide bonds. The van der Waals surface area contributed by atoms with Crippen molar-refractivity contribution in [1.29, 1.82) is 0 Å². The largest absolute Gasteiger partial charge is 0.399 e. The molecule has 1 aromatic carbocycles. The Bertz CT molecular complexity index is 339. The van der Waals surface area contributed by atoms with E-state index in [1.807, 2.05) is 7.05 Å². The fourth-order valence-electron chi connectivity index (χ4n) is 1.94. The summed E-state index contributed by atoms with van der Waals surface area (Å²) in [5.74, 6) is 0. The normalized spacial score (nSPS) is 10.9. The van der Waals surface area contributed by atoms with Gasteiger partial charge in [-0.2, -0.15) is 0 Å². The van der Waals surface area contributed by atoms with Crippen LogP contribution in [0.2, 0.25) is 10.0 Å². The molecule has 0 heterocycles. The molecule has 0 bridgehead atoms. The van der Waals surface area contributed by atoms with Gasteiger partial charge in [-0.15, -0.1) is 0 Å². The van der Waals surface area contributed by atoms with Crippen LogP contribution in [0, 0.1) is 0 Å². The summed E-state index contributed by atoms with van der Waals surface area (Å²) in [4.78, 5) is 2.13. The second-order valence-corrected chi connectivity index (χ2v) is 4.73. The standard InChI is InChI=1S/C12H18Cl2N2/c1-4-9(5-2)16(3)12-10(13)6-8(15)7-11(12)14/h6-7,9H,4-5,15H2,1-3H3. The third-order valence-corrected chi connectivity index (χ3v) is 3.46. The summed E-state index contributed by atoms with van der Waals surface area (Å²) in [7, 11) is 2.01. The summed E-state index contributed by atoms with van der Waals surface area (Å²) in [6, 6.07) is 3.92. The quantitative estimate of drug-likeness (QED) is 0.823. The van der Waals surface area contributed by atoms with Gasteiger partial charge in [-0.3, -0.25) is 0 Å². The smallest absolute Gasteiger partial charge is 0.0746 e. The number of nitrogens with zero attached hydrogens (tertiary/aromatic N) is 1. The summed E-state index contributed by atoms with van der Waals surface area (Å²) in [6.07, 6.45) is 2.12. The van der Waals surface area contributed by atoms with Gasteiger partial charge in [0.1, 0.15) is 0 Å². The molecule has 0 radical (unpaired) electrons. The summed E-state index contributed by atoms with van der Waals surface area (Å²) in [5, 5.41) is 1.22. The van der Waals surface area contributed by atoms with Crippen LogP contribution in [0.25, 0.3) is 0 Å². The Morgan fingerprint density at radius 3 is 2.00 bits per heavy atom. The highest BCUT2D eigenvalue weighted by Crippen LogP contribution is 2.36. The second-order valence-electron chi connectivity index (χ2n) is 3.91. The van der Waals surface area contributed by atoms with Gasteiger partial charge in [-0.1, -0.05) is 37.0 Å². The van der Waals surface area contributed by atoms with Gasteiger partial charge in [0, 0.05) is 18.8 Å². The van der Waals surface area contributed by atoms with E-state index in [1.165, 1.54) is 0 Å². The van der Waals surface area contributed by atoms with E-state index in [0.29, 0.717) is 21.8 Å². The topological polar surface area (TPSA) is 29.3 Å². The predicted octanol–water partition coefficient (Wildman–Crippen LogP) is 4.20. The minimum Gasteiger partial charge on any atom is -0.399 e. The molecule has 0 unspecified atom stereocenters. The molecule has 1 aromatic rings. The Morgan fingerprint density at radius 2 is 1.62 bits per heavy atom. The highest BCUT2D eigenvalue weighted by atomic mass is 35.5. The minimum atomic E-state index is 0.443. The molecule has 2 N–H and O–H groups in total. The zero-order valence-electron chi connectivity index (χ0n) is 9.93. The molecule has 90 valence electrons. The van der Waals surface area contributed by atoms with Gasteiger partial charge in [-0.25, -0.2) is 0 Å². The van der Waals surface area contributed by atoms with E-state index in [4.69, 9.17) is 28.9 Å². The average Bonchev–Trinajstić information content (AvgIpc) is 2.17. The zero-order chi connectivity index (χ0) is 12.3. The van der Waals surface area contributed by atoms with Crippen molar-refractivity contribution < 1.29 is 0 Å². The Kier molecular flexibility index (Phi) is 4.75. The third-order valence-electron chi connectivity index (χ3n) is 2.88. The molecule has 4 heteroatoms. The second kappa shape index (κ2) is 5.65. The first-order valence-electron chi connectivity index (χ1n) is 5.48. The molecule has 0 fully saturated rings. The summed E-state index contributed by atoms with van der Waals surface area (Å²) < 4.78 is 0. The van der Waals surface area contributed by atoms with Gasteiger partial charge in [0.25, 0.3) is 0 Å². The maximum absolute atomic E-state index is 6.18. The first kappa shape index (κ1) is 13.5. The number of nitrogens with two attached hydrogens (primary N) is 1. The van der Waals surface area contributed by atoms with Gasteiger partial charge < -0.3 is 10.6 Å². The molecule has 0 atom stereocenters. The van der Waals surface area contributed by atoms with Gasteiger partial charge >= 0.3 is 0 Å². The van der Waals surface area contributed by atoms with Gasteiger partial charge in [0.2, 0.25) is 0 Å². The number of benzene rings is 1. The molecule has 2 nitrogen and oxygen atoms in total. The Morgan fingerprint density at radius 1 is 1.19 bits per heavy atom. The van der Waals surface area contributed by atoms with E-state index in [-0.39, 0.29) is 0 Å².